The van der Waals surface area contributed by atoms with Crippen LogP contribution in [0.4, 0.5) is 17.1 Å². The highest BCUT2D eigenvalue weighted by Crippen LogP contribution is 2.50. The molecule has 0 aromatic heterocycles. The summed E-state index contributed by atoms with van der Waals surface area (Å²) in [6, 6.07) is 50.1. The van der Waals surface area contributed by atoms with Crippen molar-refractivity contribution in [3.8, 4) is 0 Å². The lowest BCUT2D eigenvalue weighted by Gasteiger charge is -2.33. The SMILES string of the molecule is Cc1cc(C2=Cc3ccccc3CC2)ccc1C1=CC=C(c2c3ccccc3c(N(c3ccccc3)c3ccc(C4=CCCC=C4)c4c3CCC=C4)c3ccccc23)CC1. The Hall–Kier alpha value is -6.70. The average Bonchev–Trinajstić information content (AvgIpc) is 3.32. The van der Waals surface area contributed by atoms with Crippen molar-refractivity contribution < 1.29 is 0 Å². The summed E-state index contributed by atoms with van der Waals surface area (Å²) in [4.78, 5) is 2.57. The molecule has 0 N–H and O–H groups in total. The molecule has 0 atom stereocenters. The summed E-state index contributed by atoms with van der Waals surface area (Å²) >= 11 is 0. The first-order valence-electron chi connectivity index (χ1n) is 22.0. The molecule has 11 rings (SSSR count). The van der Waals surface area contributed by atoms with Gasteiger partial charge in [0.2, 0.25) is 0 Å². The molecule has 0 bridgehead atoms. The Balaban J connectivity index is 1.03. The van der Waals surface area contributed by atoms with Gasteiger partial charge in [0, 0.05) is 16.5 Å². The van der Waals surface area contributed by atoms with Gasteiger partial charge in [-0.15, -0.1) is 0 Å². The molecule has 0 amide bonds. The molecule has 60 heavy (non-hydrogen) atoms. The summed E-state index contributed by atoms with van der Waals surface area (Å²) in [7, 11) is 0. The number of rotatable bonds is 7. The number of fused-ring (bicyclic) bond motifs is 4. The normalized spacial score (nSPS) is 15.8. The third-order valence-electron chi connectivity index (χ3n) is 13.3. The quantitative estimate of drug-likeness (QED) is 0.146. The van der Waals surface area contributed by atoms with Gasteiger partial charge >= 0.3 is 0 Å². The van der Waals surface area contributed by atoms with E-state index in [9.17, 15) is 0 Å². The van der Waals surface area contributed by atoms with Crippen molar-refractivity contribution in [3.05, 3.63) is 220 Å². The molecule has 0 aliphatic heterocycles. The van der Waals surface area contributed by atoms with Crippen molar-refractivity contribution in [2.75, 3.05) is 4.90 Å². The number of aryl methyl sites for hydroxylation is 2. The van der Waals surface area contributed by atoms with Crippen molar-refractivity contribution in [2.24, 2.45) is 0 Å². The minimum Gasteiger partial charge on any atom is -0.309 e. The molecule has 1 heteroatoms. The number of benzene rings is 7. The highest BCUT2D eigenvalue weighted by atomic mass is 15.1. The molecule has 0 fully saturated rings. The van der Waals surface area contributed by atoms with Crippen LogP contribution in [0.2, 0.25) is 0 Å². The van der Waals surface area contributed by atoms with Gasteiger partial charge in [-0.05, 0) is 160 Å². The maximum Gasteiger partial charge on any atom is 0.0618 e. The largest absolute Gasteiger partial charge is 0.309 e. The standard InChI is InChI=1S/C59H49N/c1-40-38-46(47-33-28-41-16-8-9-19-45(41)39-47)34-35-49(40)43-29-31-44(32-30-43)58-53-24-12-14-26-55(53)59(56-27-15-13-25-54(56)58)60(48-20-6-3-7-21-48)57-37-36-50(42-17-4-2-5-18-42)51-22-10-11-23-52(51)57/h3-4,6-10,12-22,24-27,29,31,34-39H,2,5,11,23,28,30,32-33H2,1H3. The van der Waals surface area contributed by atoms with Crippen LogP contribution in [-0.2, 0) is 12.8 Å². The zero-order chi connectivity index (χ0) is 40.0. The third kappa shape index (κ3) is 6.41. The number of para-hydroxylation sites is 1. The van der Waals surface area contributed by atoms with E-state index in [-0.39, 0.29) is 0 Å². The van der Waals surface area contributed by atoms with Gasteiger partial charge in [-0.25, -0.2) is 0 Å². The Bertz CT molecular complexity index is 2980. The molecule has 7 aromatic carbocycles. The molecule has 0 unspecified atom stereocenters. The first-order chi connectivity index (χ1) is 29.7. The van der Waals surface area contributed by atoms with Crippen LogP contribution < -0.4 is 4.90 Å². The first-order valence-corrected chi connectivity index (χ1v) is 22.0. The van der Waals surface area contributed by atoms with Gasteiger partial charge in [-0.1, -0.05) is 164 Å². The van der Waals surface area contributed by atoms with Gasteiger partial charge < -0.3 is 4.90 Å². The monoisotopic (exact) mass is 771 g/mol. The van der Waals surface area contributed by atoms with Crippen molar-refractivity contribution in [1.29, 1.82) is 0 Å². The molecule has 4 aliphatic rings. The van der Waals surface area contributed by atoms with Gasteiger partial charge in [-0.2, -0.15) is 0 Å². The van der Waals surface area contributed by atoms with Crippen molar-refractivity contribution in [1.82, 2.24) is 0 Å². The smallest absolute Gasteiger partial charge is 0.0618 e. The number of hydrogen-bond donors (Lipinski definition) is 0. The first kappa shape index (κ1) is 36.4. The molecule has 0 saturated carbocycles. The molecule has 7 aromatic rings. The minimum absolute atomic E-state index is 0.996. The average molecular weight is 772 g/mol. The predicted molar refractivity (Wildman–Crippen MR) is 259 cm³/mol. The van der Waals surface area contributed by atoms with E-state index in [0.29, 0.717) is 0 Å². The van der Waals surface area contributed by atoms with E-state index >= 15 is 0 Å². The summed E-state index contributed by atoms with van der Waals surface area (Å²) < 4.78 is 0. The van der Waals surface area contributed by atoms with Crippen LogP contribution in [0.1, 0.15) is 88.6 Å². The predicted octanol–water partition coefficient (Wildman–Crippen LogP) is 16.2. The van der Waals surface area contributed by atoms with Gasteiger partial charge in [0.1, 0.15) is 0 Å². The number of allylic oxidation sites excluding steroid dienone is 10. The van der Waals surface area contributed by atoms with Crippen LogP contribution >= 0.6 is 0 Å². The molecular formula is C59H49N. The van der Waals surface area contributed by atoms with E-state index in [1.165, 1.54) is 111 Å². The number of anilines is 3. The third-order valence-corrected chi connectivity index (χ3v) is 13.3. The maximum atomic E-state index is 2.57. The molecule has 0 heterocycles. The van der Waals surface area contributed by atoms with Crippen molar-refractivity contribution in [2.45, 2.75) is 58.3 Å². The van der Waals surface area contributed by atoms with E-state index < -0.39 is 0 Å². The highest BCUT2D eigenvalue weighted by Gasteiger charge is 2.27. The van der Waals surface area contributed by atoms with Crippen LogP contribution in [0, 0.1) is 6.92 Å². The van der Waals surface area contributed by atoms with E-state index in [4.69, 9.17) is 0 Å². The Morgan fingerprint density at radius 3 is 1.95 bits per heavy atom. The summed E-state index contributed by atoms with van der Waals surface area (Å²) in [6.45, 7) is 2.29. The molecule has 4 aliphatic carbocycles. The number of hydrogen-bond acceptors (Lipinski definition) is 1. The van der Waals surface area contributed by atoms with Crippen molar-refractivity contribution in [3.63, 3.8) is 0 Å². The highest BCUT2D eigenvalue weighted by molar-refractivity contribution is 6.20. The van der Waals surface area contributed by atoms with E-state index in [1.807, 2.05) is 0 Å². The second-order valence-electron chi connectivity index (χ2n) is 16.9. The van der Waals surface area contributed by atoms with Crippen molar-refractivity contribution >= 4 is 73.1 Å². The molecule has 1 nitrogen and oxygen atoms in total. The summed E-state index contributed by atoms with van der Waals surface area (Å²) in [5, 5.41) is 5.17. The molecule has 0 radical (unpaired) electrons. The van der Waals surface area contributed by atoms with Crippen LogP contribution in [0.5, 0.6) is 0 Å². The molecule has 0 saturated heterocycles. The Kier molecular flexibility index (Phi) is 9.39. The van der Waals surface area contributed by atoms with Crippen LogP contribution in [0.15, 0.2) is 170 Å². The lowest BCUT2D eigenvalue weighted by Crippen LogP contribution is -2.16. The summed E-state index contributed by atoms with van der Waals surface area (Å²) in [6.07, 6.45) is 27.5. The fraction of sp³-hybridized carbons (Fsp3) is 0.153. The molecule has 0 spiro atoms. The minimum atomic E-state index is 0.996. The Labute approximate surface area is 354 Å². The second-order valence-corrected chi connectivity index (χ2v) is 16.9. The van der Waals surface area contributed by atoms with Crippen LogP contribution in [0.3, 0.4) is 0 Å². The van der Waals surface area contributed by atoms with E-state index in [1.54, 1.807) is 0 Å². The zero-order valence-electron chi connectivity index (χ0n) is 34.4. The topological polar surface area (TPSA) is 3.24 Å². The van der Waals surface area contributed by atoms with Gasteiger partial charge in [0.05, 0.1) is 11.4 Å². The lowest BCUT2D eigenvalue weighted by atomic mass is 9.83. The molecule has 290 valence electrons. The fourth-order valence-corrected chi connectivity index (χ4v) is 10.4. The zero-order valence-corrected chi connectivity index (χ0v) is 34.4. The van der Waals surface area contributed by atoms with Crippen LogP contribution in [0.25, 0.3) is 56.0 Å². The molecular weight excluding hydrogens is 723 g/mol. The number of nitrogens with zero attached hydrogens (tertiary/aromatic N) is 1. The summed E-state index contributed by atoms with van der Waals surface area (Å²) in [5.74, 6) is 0. The fourth-order valence-electron chi connectivity index (χ4n) is 10.4. The van der Waals surface area contributed by atoms with Gasteiger partial charge in [0.25, 0.3) is 0 Å². The van der Waals surface area contributed by atoms with Gasteiger partial charge in [0.15, 0.2) is 0 Å². The van der Waals surface area contributed by atoms with E-state index in [0.717, 1.165) is 51.4 Å². The maximum absolute atomic E-state index is 2.57. The van der Waals surface area contributed by atoms with Gasteiger partial charge in [-0.3, -0.25) is 0 Å². The lowest BCUT2D eigenvalue weighted by molar-refractivity contribution is 0.977. The van der Waals surface area contributed by atoms with E-state index in [2.05, 4.69) is 194 Å². The Morgan fingerprint density at radius 1 is 0.517 bits per heavy atom. The Morgan fingerprint density at radius 2 is 1.20 bits per heavy atom. The van der Waals surface area contributed by atoms with Crippen LogP contribution in [-0.4, -0.2) is 0 Å². The second kappa shape index (κ2) is 15.5. The summed E-state index contributed by atoms with van der Waals surface area (Å²) in [5.41, 5.74) is 21.7.